The third-order valence-electron chi connectivity index (χ3n) is 3.64. The average molecular weight is 478 g/mol. The lowest BCUT2D eigenvalue weighted by atomic mass is 10.3. The number of hydrogen-bond acceptors (Lipinski definition) is 5. The van der Waals surface area contributed by atoms with Crippen molar-refractivity contribution in [3.63, 3.8) is 0 Å². The summed E-state index contributed by atoms with van der Waals surface area (Å²) in [4.78, 5) is 27.9. The molecule has 0 saturated heterocycles. The maximum atomic E-state index is 12.9. The second kappa shape index (κ2) is 10.2. The van der Waals surface area contributed by atoms with Crippen LogP contribution in [0.4, 0.5) is 15.9 Å². The van der Waals surface area contributed by atoms with Crippen molar-refractivity contribution in [2.45, 2.75) is 6.42 Å². The Bertz CT molecular complexity index is 979. The molecule has 29 heavy (non-hydrogen) atoms. The van der Waals surface area contributed by atoms with Crippen LogP contribution in [0.15, 0.2) is 59.3 Å². The Balaban J connectivity index is 1.37. The van der Waals surface area contributed by atoms with Gasteiger partial charge in [0.15, 0.2) is 11.6 Å². The molecule has 3 rings (SSSR count). The van der Waals surface area contributed by atoms with Gasteiger partial charge in [-0.25, -0.2) is 14.1 Å². The van der Waals surface area contributed by atoms with Crippen molar-refractivity contribution >= 4 is 51.0 Å². The first-order valence-electron chi connectivity index (χ1n) is 8.60. The van der Waals surface area contributed by atoms with Gasteiger partial charge in [-0.15, -0.1) is 5.10 Å². The molecule has 0 bridgehead atoms. The van der Waals surface area contributed by atoms with E-state index in [0.29, 0.717) is 17.4 Å². The van der Waals surface area contributed by atoms with Gasteiger partial charge in [-0.1, -0.05) is 15.9 Å². The molecule has 2 heterocycles. The van der Waals surface area contributed by atoms with Gasteiger partial charge in [-0.2, -0.15) is 11.8 Å². The molecule has 0 aliphatic carbocycles. The number of benzene rings is 1. The van der Waals surface area contributed by atoms with E-state index < -0.39 is 5.82 Å². The van der Waals surface area contributed by atoms with Gasteiger partial charge in [-0.05, 0) is 36.4 Å². The first kappa shape index (κ1) is 21.0. The summed E-state index contributed by atoms with van der Waals surface area (Å²) in [6, 6.07) is 11.7. The van der Waals surface area contributed by atoms with E-state index in [9.17, 15) is 14.0 Å². The molecule has 0 fully saturated rings. The molecule has 0 unspecified atom stereocenters. The van der Waals surface area contributed by atoms with Crippen molar-refractivity contribution in [2.75, 3.05) is 22.1 Å². The van der Waals surface area contributed by atoms with Crippen LogP contribution in [0.3, 0.4) is 0 Å². The largest absolute Gasteiger partial charge is 0.325 e. The number of anilines is 2. The van der Waals surface area contributed by atoms with Crippen LogP contribution in [0.1, 0.15) is 6.42 Å². The predicted octanol–water partition coefficient (Wildman–Crippen LogP) is 3.87. The highest BCUT2D eigenvalue weighted by atomic mass is 79.9. The van der Waals surface area contributed by atoms with Gasteiger partial charge in [0.1, 0.15) is 5.82 Å². The number of thioether (sulfide) groups is 1. The van der Waals surface area contributed by atoms with Gasteiger partial charge in [0.05, 0.1) is 11.9 Å². The highest BCUT2D eigenvalue weighted by Gasteiger charge is 2.08. The Kier molecular flexibility index (Phi) is 7.36. The van der Waals surface area contributed by atoms with Gasteiger partial charge in [-0.3, -0.25) is 9.59 Å². The minimum absolute atomic E-state index is 0.122. The lowest BCUT2D eigenvalue weighted by molar-refractivity contribution is -0.116. The van der Waals surface area contributed by atoms with Crippen LogP contribution in [-0.4, -0.2) is 38.1 Å². The fourth-order valence-electron chi connectivity index (χ4n) is 2.29. The van der Waals surface area contributed by atoms with Gasteiger partial charge in [0, 0.05) is 34.6 Å². The minimum atomic E-state index is -0.433. The molecule has 7 nitrogen and oxygen atoms in total. The topological polar surface area (TPSA) is 88.9 Å². The summed E-state index contributed by atoms with van der Waals surface area (Å²) in [7, 11) is 0. The summed E-state index contributed by atoms with van der Waals surface area (Å²) in [5.74, 6) is 0.816. The van der Waals surface area contributed by atoms with Crippen molar-refractivity contribution < 1.29 is 14.0 Å². The molecule has 3 aromatic rings. The van der Waals surface area contributed by atoms with E-state index >= 15 is 0 Å². The number of halogens is 2. The van der Waals surface area contributed by atoms with E-state index in [0.717, 1.165) is 16.4 Å². The minimum Gasteiger partial charge on any atom is -0.325 e. The van der Waals surface area contributed by atoms with E-state index in [1.807, 2.05) is 12.1 Å². The van der Waals surface area contributed by atoms with Crippen LogP contribution in [-0.2, 0) is 9.59 Å². The third kappa shape index (κ3) is 6.68. The maximum Gasteiger partial charge on any atom is 0.234 e. The van der Waals surface area contributed by atoms with Gasteiger partial charge >= 0.3 is 0 Å². The van der Waals surface area contributed by atoms with Crippen molar-refractivity contribution in [1.29, 1.82) is 0 Å². The Labute approximate surface area is 179 Å². The van der Waals surface area contributed by atoms with Gasteiger partial charge in [0.25, 0.3) is 0 Å². The fraction of sp³-hybridized carbons (Fsp3) is 0.158. The number of amides is 2. The zero-order valence-electron chi connectivity index (χ0n) is 15.1. The smallest absolute Gasteiger partial charge is 0.234 e. The monoisotopic (exact) mass is 477 g/mol. The van der Waals surface area contributed by atoms with Crippen LogP contribution in [0.25, 0.3) is 5.82 Å². The Morgan fingerprint density at radius 3 is 2.59 bits per heavy atom. The number of rotatable bonds is 8. The average Bonchev–Trinajstić information content (AvgIpc) is 3.16. The van der Waals surface area contributed by atoms with Crippen molar-refractivity contribution in [3.05, 3.63) is 65.1 Å². The molecule has 150 valence electrons. The van der Waals surface area contributed by atoms with Crippen molar-refractivity contribution in [2.24, 2.45) is 0 Å². The number of nitrogens with zero attached hydrogens (tertiary/aromatic N) is 3. The van der Waals surface area contributed by atoms with E-state index in [1.165, 1.54) is 28.6 Å². The van der Waals surface area contributed by atoms with Crippen LogP contribution in [0.2, 0.25) is 0 Å². The molecule has 0 spiro atoms. The third-order valence-corrected chi connectivity index (χ3v) is 5.13. The number of carbonyl (C=O) groups is 2. The lowest BCUT2D eigenvalue weighted by Crippen LogP contribution is -2.16. The van der Waals surface area contributed by atoms with E-state index in [4.69, 9.17) is 0 Å². The Morgan fingerprint density at radius 1 is 1.07 bits per heavy atom. The summed E-state index contributed by atoms with van der Waals surface area (Å²) in [6.45, 7) is 0. The molecule has 0 radical (unpaired) electrons. The normalized spacial score (nSPS) is 10.6. The molecular weight excluding hydrogens is 461 g/mol. The number of carbonyl (C=O) groups excluding carboxylic acids is 2. The fourth-order valence-corrected chi connectivity index (χ4v) is 3.28. The number of pyridine rings is 1. The van der Waals surface area contributed by atoms with E-state index in [2.05, 4.69) is 36.6 Å². The van der Waals surface area contributed by atoms with Crippen molar-refractivity contribution in [1.82, 2.24) is 14.8 Å². The number of nitrogens with one attached hydrogen (secondary N) is 2. The standard InChI is InChI=1S/C19H17BrFN5O2S/c20-13-1-4-15(5-2-13)23-19(28)12-29-10-8-18(27)24-16-7-9-26(25-16)17-6-3-14(21)11-22-17/h1-7,9,11H,8,10,12H2,(H,23,28)(H,24,25,27). The molecular formula is C19H17BrFN5O2S. The molecule has 0 atom stereocenters. The first-order valence-corrected chi connectivity index (χ1v) is 10.5. The van der Waals surface area contributed by atoms with E-state index in [1.54, 1.807) is 24.4 Å². The molecule has 0 saturated carbocycles. The SMILES string of the molecule is O=C(CSCCC(=O)Nc1ccn(-c2ccc(F)cn2)n1)Nc1ccc(Br)cc1. The molecule has 2 N–H and O–H groups in total. The Morgan fingerprint density at radius 2 is 1.86 bits per heavy atom. The second-order valence-corrected chi connectivity index (χ2v) is 7.91. The quantitative estimate of drug-likeness (QED) is 0.480. The molecule has 1 aromatic carbocycles. The number of hydrogen-bond donors (Lipinski definition) is 2. The summed E-state index contributed by atoms with van der Waals surface area (Å²) >= 11 is 4.71. The predicted molar refractivity (Wildman–Crippen MR) is 115 cm³/mol. The molecule has 0 aliphatic heterocycles. The number of aromatic nitrogens is 3. The second-order valence-electron chi connectivity index (χ2n) is 5.89. The summed E-state index contributed by atoms with van der Waals surface area (Å²) in [5, 5.41) is 9.67. The van der Waals surface area contributed by atoms with E-state index in [-0.39, 0.29) is 24.0 Å². The van der Waals surface area contributed by atoms with Gasteiger partial charge in [0.2, 0.25) is 11.8 Å². The van der Waals surface area contributed by atoms with Crippen LogP contribution < -0.4 is 10.6 Å². The van der Waals surface area contributed by atoms with Crippen LogP contribution >= 0.6 is 27.7 Å². The summed E-state index contributed by atoms with van der Waals surface area (Å²) < 4.78 is 15.3. The van der Waals surface area contributed by atoms with Gasteiger partial charge < -0.3 is 10.6 Å². The Hall–Kier alpha value is -2.72. The molecule has 10 heteroatoms. The first-order chi connectivity index (χ1) is 14.0. The highest BCUT2D eigenvalue weighted by Crippen LogP contribution is 2.15. The summed E-state index contributed by atoms with van der Waals surface area (Å²) in [5.41, 5.74) is 0.725. The zero-order chi connectivity index (χ0) is 20.6. The highest BCUT2D eigenvalue weighted by molar-refractivity contribution is 9.10. The van der Waals surface area contributed by atoms with Crippen LogP contribution in [0, 0.1) is 5.82 Å². The van der Waals surface area contributed by atoms with Crippen LogP contribution in [0.5, 0.6) is 0 Å². The lowest BCUT2D eigenvalue weighted by Gasteiger charge is -2.05. The maximum absolute atomic E-state index is 12.9. The molecule has 2 aromatic heterocycles. The molecule has 2 amide bonds. The summed E-state index contributed by atoms with van der Waals surface area (Å²) in [6.07, 6.45) is 2.97. The van der Waals surface area contributed by atoms with Crippen molar-refractivity contribution in [3.8, 4) is 5.82 Å². The zero-order valence-corrected chi connectivity index (χ0v) is 17.5. The molecule has 0 aliphatic rings.